The van der Waals surface area contributed by atoms with Crippen LogP contribution >= 0.6 is 0 Å². The van der Waals surface area contributed by atoms with E-state index in [9.17, 15) is 9.90 Å². The molecule has 10 nitrogen and oxygen atoms in total. The molecule has 0 bridgehead atoms. The number of H-pyrrole nitrogens is 1. The number of morpholine rings is 1. The maximum absolute atomic E-state index is 13.4. The number of pyridine rings is 1. The van der Waals surface area contributed by atoms with Crippen molar-refractivity contribution in [2.75, 3.05) is 36.5 Å². The molecule has 1 saturated heterocycles. The Hall–Kier alpha value is -4.05. The molecule has 3 N–H and O–H groups in total. The molecule has 5 rings (SSSR count). The summed E-state index contributed by atoms with van der Waals surface area (Å²) in [4.78, 5) is 19.7. The van der Waals surface area contributed by atoms with Gasteiger partial charge >= 0.3 is 0 Å². The van der Waals surface area contributed by atoms with Gasteiger partial charge in [-0.05, 0) is 59.3 Å². The van der Waals surface area contributed by atoms with Gasteiger partial charge in [0.2, 0.25) is 5.88 Å². The van der Waals surface area contributed by atoms with E-state index in [1.165, 1.54) is 0 Å². The van der Waals surface area contributed by atoms with Gasteiger partial charge in [0.05, 0.1) is 24.3 Å². The molecule has 4 aromatic rings. The molecule has 0 saturated carbocycles. The van der Waals surface area contributed by atoms with Crippen LogP contribution < -0.4 is 10.2 Å². The average Bonchev–Trinajstić information content (AvgIpc) is 3.35. The first-order valence-corrected chi connectivity index (χ1v) is 10.2. The van der Waals surface area contributed by atoms with E-state index in [0.29, 0.717) is 54.5 Å². The third-order valence-corrected chi connectivity index (χ3v) is 5.47. The number of benzene rings is 2. The number of aromatic amines is 1. The van der Waals surface area contributed by atoms with E-state index in [2.05, 4.69) is 35.8 Å². The first-order chi connectivity index (χ1) is 15.6. The lowest BCUT2D eigenvalue weighted by atomic mass is 10.0. The molecule has 1 aliphatic heterocycles. The number of carbonyl (C=O) groups is 1. The zero-order chi connectivity index (χ0) is 22.1. The highest BCUT2D eigenvalue weighted by Gasteiger charge is 2.21. The Kier molecular flexibility index (Phi) is 5.12. The van der Waals surface area contributed by atoms with Gasteiger partial charge in [-0.15, -0.1) is 5.10 Å². The van der Waals surface area contributed by atoms with Crippen LogP contribution in [0.1, 0.15) is 15.9 Å². The number of hydrogen-bond donors (Lipinski definition) is 3. The van der Waals surface area contributed by atoms with Crippen LogP contribution in [0, 0.1) is 6.92 Å². The summed E-state index contributed by atoms with van der Waals surface area (Å²) in [6, 6.07) is 12.6. The minimum Gasteiger partial charge on any atom is -0.493 e. The molecule has 1 amide bonds. The molecule has 32 heavy (non-hydrogen) atoms. The monoisotopic (exact) mass is 431 g/mol. The molecule has 162 valence electrons. The van der Waals surface area contributed by atoms with Crippen molar-refractivity contribution < 1.29 is 14.6 Å². The number of ether oxygens (including phenoxy) is 1. The number of nitrogens with zero attached hydrogens (tertiary/aromatic N) is 5. The van der Waals surface area contributed by atoms with Gasteiger partial charge < -0.3 is 20.1 Å². The fourth-order valence-corrected chi connectivity index (χ4v) is 3.88. The SMILES string of the molecule is Cc1cc(O)nc2ccc(NC(=O)c3cc(-c4nnn[nH]4)ccc3N3CCOCC3)cc12. The van der Waals surface area contributed by atoms with Crippen molar-refractivity contribution in [2.45, 2.75) is 6.92 Å². The summed E-state index contributed by atoms with van der Waals surface area (Å²) in [6.45, 7) is 4.51. The summed E-state index contributed by atoms with van der Waals surface area (Å²) in [5, 5.41) is 27.5. The predicted octanol–water partition coefficient (Wildman–Crippen LogP) is 2.52. The highest BCUT2D eigenvalue weighted by Crippen LogP contribution is 2.29. The number of nitrogens with one attached hydrogen (secondary N) is 2. The van der Waals surface area contributed by atoms with Gasteiger partial charge in [0.1, 0.15) is 0 Å². The highest BCUT2D eigenvalue weighted by atomic mass is 16.5. The Bertz CT molecular complexity index is 1280. The molecular formula is C22H21N7O3. The fraction of sp³-hybridized carbons (Fsp3) is 0.227. The number of amides is 1. The van der Waals surface area contributed by atoms with Crippen molar-refractivity contribution in [2.24, 2.45) is 0 Å². The molecule has 2 aromatic heterocycles. The van der Waals surface area contributed by atoms with Crippen LogP contribution in [0.2, 0.25) is 0 Å². The molecule has 2 aromatic carbocycles. The zero-order valence-corrected chi connectivity index (χ0v) is 17.4. The van der Waals surface area contributed by atoms with E-state index < -0.39 is 0 Å². The van der Waals surface area contributed by atoms with Gasteiger partial charge in [-0.2, -0.15) is 0 Å². The standard InChI is InChI=1S/C22H21N7O3/c1-13-10-20(30)24-18-4-3-15(12-16(13)18)23-22(31)17-11-14(21-25-27-28-26-21)2-5-19(17)29-6-8-32-9-7-29/h2-5,10-12H,6-9H2,1H3,(H,23,31)(H,24,30)(H,25,26,27,28). The second-order valence-electron chi connectivity index (χ2n) is 7.56. The molecule has 10 heteroatoms. The number of rotatable bonds is 4. The Morgan fingerprint density at radius 1 is 1.16 bits per heavy atom. The quantitative estimate of drug-likeness (QED) is 0.450. The minimum absolute atomic E-state index is 0.0272. The third kappa shape index (κ3) is 3.83. The maximum Gasteiger partial charge on any atom is 0.257 e. The van der Waals surface area contributed by atoms with Gasteiger partial charge in [-0.3, -0.25) is 4.79 Å². The van der Waals surface area contributed by atoms with Gasteiger partial charge in [0, 0.05) is 41.5 Å². The number of aromatic nitrogens is 5. The second kappa shape index (κ2) is 8.23. The van der Waals surface area contributed by atoms with E-state index in [-0.39, 0.29) is 11.8 Å². The smallest absolute Gasteiger partial charge is 0.257 e. The predicted molar refractivity (Wildman–Crippen MR) is 119 cm³/mol. The van der Waals surface area contributed by atoms with Crippen LogP contribution in [0.3, 0.4) is 0 Å². The highest BCUT2D eigenvalue weighted by molar-refractivity contribution is 6.09. The van der Waals surface area contributed by atoms with Crippen LogP contribution in [0.25, 0.3) is 22.3 Å². The van der Waals surface area contributed by atoms with Gasteiger partial charge in [-0.25, -0.2) is 10.1 Å². The number of hydrogen-bond acceptors (Lipinski definition) is 8. The average molecular weight is 431 g/mol. The summed E-state index contributed by atoms with van der Waals surface area (Å²) < 4.78 is 5.46. The normalized spacial score (nSPS) is 14.0. The number of tetrazole rings is 1. The number of carbonyl (C=O) groups excluding carboxylic acids is 1. The molecule has 0 spiro atoms. The summed E-state index contributed by atoms with van der Waals surface area (Å²) in [6.07, 6.45) is 0. The fourth-order valence-electron chi connectivity index (χ4n) is 3.88. The van der Waals surface area contributed by atoms with Crippen LogP contribution in [-0.4, -0.2) is 62.9 Å². The first kappa shape index (κ1) is 19.9. The van der Waals surface area contributed by atoms with Crippen LogP contribution in [0.4, 0.5) is 11.4 Å². The maximum atomic E-state index is 13.4. The Morgan fingerprint density at radius 3 is 2.78 bits per heavy atom. The minimum atomic E-state index is -0.246. The Labute approximate surface area is 183 Å². The number of fused-ring (bicyclic) bond motifs is 1. The Morgan fingerprint density at radius 2 is 2.00 bits per heavy atom. The van der Waals surface area contributed by atoms with E-state index >= 15 is 0 Å². The van der Waals surface area contributed by atoms with E-state index in [1.54, 1.807) is 24.3 Å². The van der Waals surface area contributed by atoms with Crippen LogP contribution in [0.15, 0.2) is 42.5 Å². The van der Waals surface area contributed by atoms with Crippen molar-refractivity contribution in [3.8, 4) is 17.3 Å². The van der Waals surface area contributed by atoms with Gasteiger partial charge in [0.15, 0.2) is 5.82 Å². The summed E-state index contributed by atoms with van der Waals surface area (Å²) in [7, 11) is 0. The van der Waals surface area contributed by atoms with Crippen molar-refractivity contribution in [1.29, 1.82) is 0 Å². The Balaban J connectivity index is 1.51. The first-order valence-electron chi connectivity index (χ1n) is 10.2. The number of aryl methyl sites for hydroxylation is 1. The lowest BCUT2D eigenvalue weighted by Gasteiger charge is -2.30. The number of aromatic hydroxyl groups is 1. The largest absolute Gasteiger partial charge is 0.493 e. The molecule has 0 radical (unpaired) electrons. The van der Waals surface area contributed by atoms with Gasteiger partial charge in [-0.1, -0.05) is 0 Å². The van der Waals surface area contributed by atoms with Crippen LogP contribution in [-0.2, 0) is 4.74 Å². The molecule has 1 fully saturated rings. The van der Waals surface area contributed by atoms with Crippen molar-refractivity contribution in [3.05, 3.63) is 53.6 Å². The van der Waals surface area contributed by atoms with Gasteiger partial charge in [0.25, 0.3) is 5.91 Å². The third-order valence-electron chi connectivity index (χ3n) is 5.47. The van der Waals surface area contributed by atoms with Crippen molar-refractivity contribution >= 4 is 28.2 Å². The molecule has 0 aliphatic carbocycles. The molecule has 0 unspecified atom stereocenters. The number of anilines is 2. The lowest BCUT2D eigenvalue weighted by Crippen LogP contribution is -2.37. The topological polar surface area (TPSA) is 129 Å². The molecule has 3 heterocycles. The zero-order valence-electron chi connectivity index (χ0n) is 17.4. The molecular weight excluding hydrogens is 410 g/mol. The van der Waals surface area contributed by atoms with E-state index in [0.717, 1.165) is 16.6 Å². The van der Waals surface area contributed by atoms with E-state index in [4.69, 9.17) is 4.74 Å². The summed E-state index contributed by atoms with van der Waals surface area (Å²) in [5.74, 6) is 0.213. The van der Waals surface area contributed by atoms with Crippen LogP contribution in [0.5, 0.6) is 5.88 Å². The molecule has 1 aliphatic rings. The second-order valence-corrected chi connectivity index (χ2v) is 7.56. The lowest BCUT2D eigenvalue weighted by molar-refractivity contribution is 0.102. The molecule has 0 atom stereocenters. The van der Waals surface area contributed by atoms with Crippen molar-refractivity contribution in [1.82, 2.24) is 25.6 Å². The summed E-state index contributed by atoms with van der Waals surface area (Å²) in [5.41, 5.74) is 4.22. The summed E-state index contributed by atoms with van der Waals surface area (Å²) >= 11 is 0. The van der Waals surface area contributed by atoms with E-state index in [1.807, 2.05) is 25.1 Å². The van der Waals surface area contributed by atoms with Crippen molar-refractivity contribution in [3.63, 3.8) is 0 Å².